The second-order valence-electron chi connectivity index (χ2n) is 2.29. The molecule has 0 aromatic carbocycles. The first-order valence-corrected chi connectivity index (χ1v) is 3.66. The second kappa shape index (κ2) is 2.97. The average Bonchev–Trinajstić information content (AvgIpc) is 2.29. The van der Waals surface area contributed by atoms with Crippen molar-refractivity contribution in [2.45, 2.75) is 19.1 Å². The molecule has 0 aliphatic carbocycles. The van der Waals surface area contributed by atoms with Gasteiger partial charge in [-0.15, -0.1) is 11.6 Å². The first-order valence-electron chi connectivity index (χ1n) is 3.12. The lowest BCUT2D eigenvalue weighted by Crippen LogP contribution is -2.07. The maximum Gasteiger partial charge on any atom is 0.435 e. The highest BCUT2D eigenvalue weighted by atomic mass is 35.5. The van der Waals surface area contributed by atoms with E-state index in [1.807, 2.05) is 0 Å². The number of aryl methyl sites for hydroxylation is 1. The molecule has 68 valence electrons. The van der Waals surface area contributed by atoms with Gasteiger partial charge in [-0.1, -0.05) is 0 Å². The van der Waals surface area contributed by atoms with Gasteiger partial charge in [-0.3, -0.25) is 4.68 Å². The van der Waals surface area contributed by atoms with Gasteiger partial charge in [0.2, 0.25) is 0 Å². The number of hydrogen-bond acceptors (Lipinski definition) is 1. The number of aromatic nitrogens is 2. The summed E-state index contributed by atoms with van der Waals surface area (Å²) in [6.45, 7) is 1.52. The van der Waals surface area contributed by atoms with E-state index in [2.05, 4.69) is 5.10 Å². The Morgan fingerprint density at radius 2 is 2.17 bits per heavy atom. The van der Waals surface area contributed by atoms with Crippen LogP contribution in [0.15, 0.2) is 6.07 Å². The molecule has 12 heavy (non-hydrogen) atoms. The summed E-state index contributed by atoms with van der Waals surface area (Å²) < 4.78 is 37.1. The van der Waals surface area contributed by atoms with Crippen molar-refractivity contribution in [3.63, 3.8) is 0 Å². The fourth-order valence-electron chi connectivity index (χ4n) is 0.770. The predicted molar refractivity (Wildman–Crippen MR) is 37.8 cm³/mol. The zero-order chi connectivity index (χ0) is 9.35. The topological polar surface area (TPSA) is 17.8 Å². The van der Waals surface area contributed by atoms with E-state index in [1.165, 1.54) is 6.92 Å². The van der Waals surface area contributed by atoms with Gasteiger partial charge in [-0.2, -0.15) is 18.3 Å². The van der Waals surface area contributed by atoms with E-state index < -0.39 is 11.9 Å². The van der Waals surface area contributed by atoms with Gasteiger partial charge in [-0.05, 0) is 13.0 Å². The minimum atomic E-state index is -4.39. The maximum absolute atomic E-state index is 12.0. The fraction of sp³-hybridized carbons (Fsp3) is 0.500. The van der Waals surface area contributed by atoms with E-state index in [0.717, 1.165) is 10.7 Å². The summed E-state index contributed by atoms with van der Waals surface area (Å²) in [5.74, 6) is 0. The van der Waals surface area contributed by atoms with Crippen molar-refractivity contribution in [1.82, 2.24) is 9.78 Å². The molecule has 1 aromatic heterocycles. The Balaban J connectivity index is 3.05. The minimum absolute atomic E-state index is 0.0675. The summed E-state index contributed by atoms with van der Waals surface area (Å²) in [4.78, 5) is 0. The van der Waals surface area contributed by atoms with Crippen molar-refractivity contribution >= 4 is 11.6 Å². The number of rotatable bonds is 1. The number of nitrogens with zero attached hydrogens (tertiary/aromatic N) is 2. The van der Waals surface area contributed by atoms with Crippen molar-refractivity contribution < 1.29 is 13.2 Å². The van der Waals surface area contributed by atoms with Crippen molar-refractivity contribution in [2.75, 3.05) is 0 Å². The summed E-state index contributed by atoms with van der Waals surface area (Å²) in [6, 6.07) is 0.893. The van der Waals surface area contributed by atoms with Gasteiger partial charge in [0.15, 0.2) is 5.69 Å². The van der Waals surface area contributed by atoms with Crippen LogP contribution in [0.4, 0.5) is 13.2 Å². The van der Waals surface area contributed by atoms with Crippen LogP contribution in [0.25, 0.3) is 0 Å². The Bertz CT molecular complexity index is 279. The quantitative estimate of drug-likeness (QED) is 0.634. The van der Waals surface area contributed by atoms with Crippen molar-refractivity contribution in [3.05, 3.63) is 17.5 Å². The highest BCUT2D eigenvalue weighted by Crippen LogP contribution is 2.28. The molecule has 0 fully saturated rings. The molecule has 0 amide bonds. The Labute approximate surface area is 71.9 Å². The van der Waals surface area contributed by atoms with Gasteiger partial charge in [-0.25, -0.2) is 0 Å². The monoisotopic (exact) mass is 198 g/mol. The van der Waals surface area contributed by atoms with Crippen molar-refractivity contribution in [1.29, 1.82) is 0 Å². The normalized spacial score (nSPS) is 12.1. The van der Waals surface area contributed by atoms with Crippen LogP contribution in [0.2, 0.25) is 0 Å². The molecular formula is C6H6ClF3N2. The molecule has 0 saturated heterocycles. The Morgan fingerprint density at radius 1 is 1.58 bits per heavy atom. The Hall–Kier alpha value is -0.710. The molecular weight excluding hydrogens is 193 g/mol. The zero-order valence-corrected chi connectivity index (χ0v) is 6.95. The highest BCUT2D eigenvalue weighted by molar-refractivity contribution is 6.15. The van der Waals surface area contributed by atoms with Gasteiger partial charge in [0.25, 0.3) is 0 Å². The smallest absolute Gasteiger partial charge is 0.254 e. The number of halogens is 4. The van der Waals surface area contributed by atoms with Gasteiger partial charge in [0.05, 0.1) is 0 Å². The van der Waals surface area contributed by atoms with Crippen LogP contribution >= 0.6 is 11.6 Å². The van der Waals surface area contributed by atoms with Crippen LogP contribution in [-0.4, -0.2) is 9.78 Å². The SMILES string of the molecule is Cc1cc(C(F)(F)F)nn1CCl. The van der Waals surface area contributed by atoms with Crippen LogP contribution in [0, 0.1) is 6.92 Å². The lowest BCUT2D eigenvalue weighted by Gasteiger charge is -1.99. The predicted octanol–water partition coefficient (Wildman–Crippen LogP) is 2.41. The lowest BCUT2D eigenvalue weighted by molar-refractivity contribution is -0.141. The van der Waals surface area contributed by atoms with E-state index in [-0.39, 0.29) is 6.00 Å². The van der Waals surface area contributed by atoms with E-state index >= 15 is 0 Å². The molecule has 0 atom stereocenters. The van der Waals surface area contributed by atoms with Crippen molar-refractivity contribution in [3.8, 4) is 0 Å². The van der Waals surface area contributed by atoms with E-state index in [4.69, 9.17) is 11.6 Å². The van der Waals surface area contributed by atoms with Gasteiger partial charge < -0.3 is 0 Å². The zero-order valence-electron chi connectivity index (χ0n) is 6.19. The third kappa shape index (κ3) is 1.72. The Morgan fingerprint density at radius 3 is 2.42 bits per heavy atom. The summed E-state index contributed by atoms with van der Waals surface area (Å²) >= 11 is 5.33. The summed E-state index contributed by atoms with van der Waals surface area (Å²) in [7, 11) is 0. The Kier molecular flexibility index (Phi) is 2.32. The number of alkyl halides is 4. The fourth-order valence-corrected chi connectivity index (χ4v) is 1.01. The molecule has 0 saturated carbocycles. The molecule has 0 N–H and O–H groups in total. The molecule has 1 aromatic rings. The molecule has 0 aliphatic heterocycles. The first kappa shape index (κ1) is 9.38. The van der Waals surface area contributed by atoms with Crippen LogP contribution in [0.1, 0.15) is 11.4 Å². The molecule has 0 aliphatic rings. The summed E-state index contributed by atoms with van der Waals surface area (Å²) in [5.41, 5.74) is -0.502. The standard InChI is InChI=1S/C6H6ClF3N2/c1-4-2-5(6(8,9)10)11-12(4)3-7/h2H,3H2,1H3. The van der Waals surface area contributed by atoms with Crippen LogP contribution in [-0.2, 0) is 12.2 Å². The molecule has 1 heterocycles. The maximum atomic E-state index is 12.0. The van der Waals surface area contributed by atoms with Crippen LogP contribution in [0.3, 0.4) is 0 Å². The lowest BCUT2D eigenvalue weighted by atomic mass is 10.4. The molecule has 6 heteroatoms. The largest absolute Gasteiger partial charge is 0.435 e. The summed E-state index contributed by atoms with van der Waals surface area (Å²) in [6.07, 6.45) is -4.39. The van der Waals surface area contributed by atoms with Crippen LogP contribution < -0.4 is 0 Å². The number of hydrogen-bond donors (Lipinski definition) is 0. The summed E-state index contributed by atoms with van der Waals surface area (Å²) in [5, 5.41) is 3.26. The second-order valence-corrected chi connectivity index (χ2v) is 2.53. The van der Waals surface area contributed by atoms with Gasteiger partial charge >= 0.3 is 6.18 Å². The molecule has 0 unspecified atom stereocenters. The third-order valence-corrected chi connectivity index (χ3v) is 1.61. The van der Waals surface area contributed by atoms with E-state index in [1.54, 1.807) is 0 Å². The minimum Gasteiger partial charge on any atom is -0.254 e. The first-order chi connectivity index (χ1) is 5.45. The highest BCUT2D eigenvalue weighted by Gasteiger charge is 2.34. The third-order valence-electron chi connectivity index (χ3n) is 1.38. The van der Waals surface area contributed by atoms with Crippen LogP contribution in [0.5, 0.6) is 0 Å². The van der Waals surface area contributed by atoms with Gasteiger partial charge in [0.1, 0.15) is 6.00 Å². The molecule has 1 rings (SSSR count). The molecule has 0 bridgehead atoms. The van der Waals surface area contributed by atoms with E-state index in [9.17, 15) is 13.2 Å². The van der Waals surface area contributed by atoms with E-state index in [0.29, 0.717) is 5.69 Å². The molecule has 0 spiro atoms. The molecule has 2 nitrogen and oxygen atoms in total. The van der Waals surface area contributed by atoms with Gasteiger partial charge in [0, 0.05) is 5.69 Å². The van der Waals surface area contributed by atoms with Crippen molar-refractivity contribution in [2.24, 2.45) is 0 Å². The molecule has 0 radical (unpaired) electrons. The average molecular weight is 199 g/mol.